The molecule has 100 valence electrons. The van der Waals surface area contributed by atoms with E-state index in [2.05, 4.69) is 0 Å². The van der Waals surface area contributed by atoms with Gasteiger partial charge in [0.05, 0.1) is 11.5 Å². The number of hydrogen-bond acceptors (Lipinski definition) is 5. The third kappa shape index (κ3) is 4.02. The molecule has 1 aromatic rings. The Morgan fingerprint density at radius 2 is 2.11 bits per heavy atom. The quantitative estimate of drug-likeness (QED) is 0.203. The number of benzene rings is 1. The van der Waals surface area contributed by atoms with Gasteiger partial charge in [-0.3, -0.25) is 14.9 Å². The van der Waals surface area contributed by atoms with Gasteiger partial charge < -0.3 is 4.74 Å². The molecule has 0 aliphatic rings. The Balaban J connectivity index is 3.15. The molecule has 1 rings (SSSR count). The second-order valence-electron chi connectivity index (χ2n) is 3.69. The number of carbonyl (C=O) groups excluding carboxylic acids is 2. The largest absolute Gasteiger partial charge is 0.462 e. The third-order valence-electron chi connectivity index (χ3n) is 2.27. The summed E-state index contributed by atoms with van der Waals surface area (Å²) in [4.78, 5) is 33.0. The average Bonchev–Trinajstić information content (AvgIpc) is 2.36. The van der Waals surface area contributed by atoms with Crippen LogP contribution >= 0.6 is 0 Å². The van der Waals surface area contributed by atoms with Gasteiger partial charge >= 0.3 is 5.97 Å². The van der Waals surface area contributed by atoms with Crippen LogP contribution in [0.4, 0.5) is 5.69 Å². The van der Waals surface area contributed by atoms with Crippen LogP contribution in [0.3, 0.4) is 0 Å². The van der Waals surface area contributed by atoms with E-state index in [4.69, 9.17) is 4.74 Å². The van der Waals surface area contributed by atoms with E-state index in [0.29, 0.717) is 5.56 Å². The number of ether oxygens (including phenoxy) is 1. The van der Waals surface area contributed by atoms with E-state index in [1.54, 1.807) is 13.0 Å². The maximum Gasteiger partial charge on any atom is 0.341 e. The fraction of sp³-hybridized carbons (Fsp3) is 0.231. The van der Waals surface area contributed by atoms with Gasteiger partial charge in [0.15, 0.2) is 5.78 Å². The Bertz CT molecular complexity index is 548. The highest BCUT2D eigenvalue weighted by atomic mass is 16.6. The molecule has 0 N–H and O–H groups in total. The first kappa shape index (κ1) is 14.6. The summed E-state index contributed by atoms with van der Waals surface area (Å²) in [7, 11) is 0. The summed E-state index contributed by atoms with van der Waals surface area (Å²) in [6.07, 6.45) is 1.29. The summed E-state index contributed by atoms with van der Waals surface area (Å²) in [5.41, 5.74) is 0.148. The minimum Gasteiger partial charge on any atom is -0.462 e. The molecule has 0 aliphatic carbocycles. The number of ketones is 1. The van der Waals surface area contributed by atoms with Crippen molar-refractivity contribution in [1.29, 1.82) is 0 Å². The van der Waals surface area contributed by atoms with E-state index < -0.39 is 16.7 Å². The highest BCUT2D eigenvalue weighted by Crippen LogP contribution is 2.16. The summed E-state index contributed by atoms with van der Waals surface area (Å²) >= 11 is 0. The van der Waals surface area contributed by atoms with Gasteiger partial charge in [-0.25, -0.2) is 4.79 Å². The highest BCUT2D eigenvalue weighted by molar-refractivity contribution is 6.19. The first-order valence-corrected chi connectivity index (χ1v) is 5.60. The molecule has 0 bridgehead atoms. The molecule has 6 nitrogen and oxygen atoms in total. The predicted molar refractivity (Wildman–Crippen MR) is 68.4 cm³/mol. The first-order chi connectivity index (χ1) is 8.95. The summed E-state index contributed by atoms with van der Waals surface area (Å²) in [6, 6.07) is 5.65. The van der Waals surface area contributed by atoms with Crippen LogP contribution in [-0.2, 0) is 14.3 Å². The molecular formula is C13H13NO5. The monoisotopic (exact) mass is 263 g/mol. The molecule has 0 radical (unpaired) electrons. The van der Waals surface area contributed by atoms with Crippen molar-refractivity contribution >= 4 is 23.5 Å². The van der Waals surface area contributed by atoms with Crippen molar-refractivity contribution in [3.63, 3.8) is 0 Å². The number of nitro groups is 1. The average molecular weight is 263 g/mol. The number of nitrogens with zero attached hydrogens (tertiary/aromatic N) is 1. The predicted octanol–water partition coefficient (Wildman–Crippen LogP) is 2.13. The Morgan fingerprint density at radius 1 is 1.42 bits per heavy atom. The molecule has 0 amide bonds. The number of nitro benzene ring substituents is 1. The van der Waals surface area contributed by atoms with Crippen LogP contribution in [-0.4, -0.2) is 23.3 Å². The van der Waals surface area contributed by atoms with Gasteiger partial charge in [0.2, 0.25) is 0 Å². The minimum absolute atomic E-state index is 0.111. The normalized spacial score (nSPS) is 10.9. The molecule has 19 heavy (non-hydrogen) atoms. The summed E-state index contributed by atoms with van der Waals surface area (Å²) < 4.78 is 4.75. The molecule has 0 aromatic heterocycles. The van der Waals surface area contributed by atoms with Crippen molar-refractivity contribution in [2.75, 3.05) is 6.61 Å². The van der Waals surface area contributed by atoms with Crippen molar-refractivity contribution in [2.45, 2.75) is 13.8 Å². The zero-order valence-electron chi connectivity index (χ0n) is 10.6. The number of non-ortho nitro benzene ring substituents is 1. The van der Waals surface area contributed by atoms with Crippen LogP contribution < -0.4 is 0 Å². The lowest BCUT2D eigenvalue weighted by atomic mass is 10.1. The van der Waals surface area contributed by atoms with Gasteiger partial charge in [-0.05, 0) is 25.5 Å². The number of carbonyl (C=O) groups is 2. The van der Waals surface area contributed by atoms with Crippen molar-refractivity contribution in [2.24, 2.45) is 0 Å². The second-order valence-corrected chi connectivity index (χ2v) is 3.69. The van der Waals surface area contributed by atoms with Crippen LogP contribution in [0.15, 0.2) is 29.8 Å². The van der Waals surface area contributed by atoms with Crippen LogP contribution in [0.1, 0.15) is 19.4 Å². The maximum absolute atomic E-state index is 11.6. The molecule has 1 aromatic carbocycles. The van der Waals surface area contributed by atoms with Gasteiger partial charge in [-0.15, -0.1) is 0 Å². The van der Waals surface area contributed by atoms with Gasteiger partial charge in [0.1, 0.15) is 5.57 Å². The number of rotatable bonds is 5. The van der Waals surface area contributed by atoms with Gasteiger partial charge in [-0.2, -0.15) is 0 Å². The lowest BCUT2D eigenvalue weighted by Gasteiger charge is -2.03. The van der Waals surface area contributed by atoms with Gasteiger partial charge in [0, 0.05) is 12.1 Å². The molecule has 0 atom stereocenters. The topological polar surface area (TPSA) is 86.5 Å². The van der Waals surface area contributed by atoms with Crippen LogP contribution in [0.2, 0.25) is 0 Å². The van der Waals surface area contributed by atoms with E-state index in [1.807, 2.05) is 0 Å². The Hall–Kier alpha value is -2.50. The summed E-state index contributed by atoms with van der Waals surface area (Å²) in [6.45, 7) is 3.02. The summed E-state index contributed by atoms with van der Waals surface area (Å²) in [5.74, 6) is -1.19. The van der Waals surface area contributed by atoms with E-state index in [1.165, 1.54) is 31.2 Å². The van der Waals surface area contributed by atoms with E-state index in [-0.39, 0.29) is 17.9 Å². The van der Waals surface area contributed by atoms with Crippen molar-refractivity contribution in [3.05, 3.63) is 45.5 Å². The maximum atomic E-state index is 11.6. The first-order valence-electron chi connectivity index (χ1n) is 5.60. The highest BCUT2D eigenvalue weighted by Gasteiger charge is 2.16. The lowest BCUT2D eigenvalue weighted by molar-refractivity contribution is -0.384. The second kappa shape index (κ2) is 6.44. The zero-order chi connectivity index (χ0) is 14.4. The molecule has 6 heteroatoms. The molecule has 0 unspecified atom stereocenters. The minimum atomic E-state index is -0.735. The molecule has 0 spiro atoms. The van der Waals surface area contributed by atoms with Crippen molar-refractivity contribution in [1.82, 2.24) is 0 Å². The lowest BCUT2D eigenvalue weighted by Crippen LogP contribution is -2.13. The molecule has 0 saturated heterocycles. The Kier molecular flexibility index (Phi) is 4.93. The molecular weight excluding hydrogens is 250 g/mol. The standard InChI is InChI=1S/C13H13NO5/c1-3-19-13(16)12(9(2)15)8-10-5-4-6-11(7-10)14(17)18/h4-8H,3H2,1-2H3/b12-8+. The van der Waals surface area contributed by atoms with Crippen molar-refractivity contribution in [3.8, 4) is 0 Å². The van der Waals surface area contributed by atoms with Crippen molar-refractivity contribution < 1.29 is 19.2 Å². The van der Waals surface area contributed by atoms with Crippen LogP contribution in [0, 0.1) is 10.1 Å². The summed E-state index contributed by atoms with van der Waals surface area (Å²) in [5, 5.41) is 10.6. The Morgan fingerprint density at radius 3 is 2.63 bits per heavy atom. The van der Waals surface area contributed by atoms with Crippen LogP contribution in [0.5, 0.6) is 0 Å². The molecule has 0 fully saturated rings. The number of Topliss-reactive ketones (excluding diaryl/α,β-unsaturated/α-hetero) is 1. The van der Waals surface area contributed by atoms with E-state index in [9.17, 15) is 19.7 Å². The molecule has 0 heterocycles. The van der Waals surface area contributed by atoms with E-state index >= 15 is 0 Å². The number of esters is 1. The zero-order valence-corrected chi connectivity index (χ0v) is 10.6. The number of hydrogen-bond donors (Lipinski definition) is 0. The fourth-order valence-corrected chi connectivity index (χ4v) is 1.41. The van der Waals surface area contributed by atoms with Gasteiger partial charge in [-0.1, -0.05) is 12.1 Å². The van der Waals surface area contributed by atoms with E-state index in [0.717, 1.165) is 0 Å². The Labute approximate surface area is 109 Å². The molecule has 0 aliphatic heterocycles. The smallest absolute Gasteiger partial charge is 0.341 e. The SMILES string of the molecule is CCOC(=O)/C(=C/c1cccc([N+](=O)[O-])c1)C(C)=O. The van der Waals surface area contributed by atoms with Crippen LogP contribution in [0.25, 0.3) is 6.08 Å². The third-order valence-corrected chi connectivity index (χ3v) is 2.27. The van der Waals surface area contributed by atoms with Gasteiger partial charge in [0.25, 0.3) is 5.69 Å². The molecule has 0 saturated carbocycles. The fourth-order valence-electron chi connectivity index (χ4n) is 1.41.